The first-order valence-corrected chi connectivity index (χ1v) is 7.16. The van der Waals surface area contributed by atoms with E-state index in [1.807, 2.05) is 0 Å². The summed E-state index contributed by atoms with van der Waals surface area (Å²) in [5.41, 5.74) is 1.06. The van der Waals surface area contributed by atoms with Crippen LogP contribution in [-0.4, -0.2) is 20.9 Å². The number of aliphatic hydroxyl groups excluding tert-OH is 1. The lowest BCUT2D eigenvalue weighted by Crippen LogP contribution is -1.96. The van der Waals surface area contributed by atoms with E-state index in [2.05, 4.69) is 9.97 Å². The molecule has 0 unspecified atom stereocenters. The molecule has 6 heteroatoms. The highest BCUT2D eigenvalue weighted by Gasteiger charge is 2.12. The van der Waals surface area contributed by atoms with Gasteiger partial charge in [0.15, 0.2) is 5.76 Å². The first-order valence-electron chi connectivity index (χ1n) is 7.16. The molecule has 0 amide bonds. The van der Waals surface area contributed by atoms with Crippen LogP contribution in [0.3, 0.4) is 0 Å². The summed E-state index contributed by atoms with van der Waals surface area (Å²) in [6.45, 7) is 0. The largest absolute Gasteiger partial charge is 0.505 e. The highest BCUT2D eigenvalue weighted by atomic mass is 19.1. The van der Waals surface area contributed by atoms with E-state index in [0.717, 1.165) is 11.6 Å². The third-order valence-electron chi connectivity index (χ3n) is 3.29. The Labute approximate surface area is 137 Å². The Bertz CT molecular complexity index is 871. The number of rotatable bonds is 5. The summed E-state index contributed by atoms with van der Waals surface area (Å²) in [6, 6.07) is 9.24. The van der Waals surface area contributed by atoms with Crippen LogP contribution in [-0.2, 0) is 6.42 Å². The fraction of sp³-hybridized carbons (Fsp3) is 0.0556. The van der Waals surface area contributed by atoms with Crippen LogP contribution in [0.2, 0.25) is 0 Å². The molecule has 3 rings (SSSR count). The summed E-state index contributed by atoms with van der Waals surface area (Å²) in [4.78, 5) is 19.8. The van der Waals surface area contributed by atoms with Crippen LogP contribution in [0, 0.1) is 5.82 Å². The molecule has 0 saturated heterocycles. The summed E-state index contributed by atoms with van der Waals surface area (Å²) in [5.74, 6) is -0.410. The Kier molecular flexibility index (Phi) is 4.47. The van der Waals surface area contributed by atoms with Crippen molar-refractivity contribution in [1.29, 1.82) is 0 Å². The molecule has 0 aliphatic heterocycles. The van der Waals surface area contributed by atoms with Gasteiger partial charge in [0, 0.05) is 24.9 Å². The summed E-state index contributed by atoms with van der Waals surface area (Å²) in [6.07, 6.45) is 5.70. The highest BCUT2D eigenvalue weighted by Crippen LogP contribution is 2.16. The Morgan fingerprint density at radius 3 is 2.67 bits per heavy atom. The van der Waals surface area contributed by atoms with Gasteiger partial charge in [0.1, 0.15) is 23.0 Å². The SMILES string of the molecule is O=C(/C=C(\O)c1cnccn1)c1ccc(Cc2ccc(F)cc2)o1. The number of allylic oxidation sites excluding steroid dienone is 1. The fourth-order valence-electron chi connectivity index (χ4n) is 2.11. The molecule has 2 aromatic heterocycles. The highest BCUT2D eigenvalue weighted by molar-refractivity contribution is 6.05. The lowest BCUT2D eigenvalue weighted by molar-refractivity contribution is 0.101. The van der Waals surface area contributed by atoms with Crippen molar-refractivity contribution in [3.63, 3.8) is 0 Å². The number of halogens is 1. The molecule has 3 aromatic rings. The third kappa shape index (κ3) is 3.73. The van der Waals surface area contributed by atoms with Gasteiger partial charge in [-0.15, -0.1) is 0 Å². The molecule has 0 bridgehead atoms. The number of benzene rings is 1. The van der Waals surface area contributed by atoms with Crippen molar-refractivity contribution in [3.8, 4) is 0 Å². The minimum Gasteiger partial charge on any atom is -0.505 e. The van der Waals surface area contributed by atoms with Gasteiger partial charge in [0.05, 0.1) is 6.20 Å². The van der Waals surface area contributed by atoms with Gasteiger partial charge in [-0.25, -0.2) is 9.37 Å². The molecule has 5 nitrogen and oxygen atoms in total. The van der Waals surface area contributed by atoms with Gasteiger partial charge in [-0.1, -0.05) is 12.1 Å². The van der Waals surface area contributed by atoms with Gasteiger partial charge < -0.3 is 9.52 Å². The van der Waals surface area contributed by atoms with E-state index in [1.54, 1.807) is 18.2 Å². The molecule has 2 heterocycles. The van der Waals surface area contributed by atoms with E-state index in [1.165, 1.54) is 36.8 Å². The molecule has 1 N–H and O–H groups in total. The van der Waals surface area contributed by atoms with Crippen LogP contribution < -0.4 is 0 Å². The maximum Gasteiger partial charge on any atom is 0.224 e. The maximum atomic E-state index is 12.9. The number of hydrogen-bond donors (Lipinski definition) is 1. The molecule has 0 spiro atoms. The summed E-state index contributed by atoms with van der Waals surface area (Å²) >= 11 is 0. The molecule has 0 aliphatic rings. The van der Waals surface area contributed by atoms with Crippen molar-refractivity contribution in [3.05, 3.63) is 89.7 Å². The van der Waals surface area contributed by atoms with E-state index >= 15 is 0 Å². The van der Waals surface area contributed by atoms with Gasteiger partial charge in [-0.3, -0.25) is 9.78 Å². The van der Waals surface area contributed by atoms with Crippen LogP contribution in [0.5, 0.6) is 0 Å². The molecule has 0 atom stereocenters. The predicted octanol–water partition coefficient (Wildman–Crippen LogP) is 3.58. The number of ketones is 1. The lowest BCUT2D eigenvalue weighted by atomic mass is 10.1. The second kappa shape index (κ2) is 6.87. The quantitative estimate of drug-likeness (QED) is 0.441. The zero-order valence-corrected chi connectivity index (χ0v) is 12.5. The van der Waals surface area contributed by atoms with E-state index in [9.17, 15) is 14.3 Å². The minimum absolute atomic E-state index is 0.0996. The predicted molar refractivity (Wildman–Crippen MR) is 84.9 cm³/mol. The molecule has 24 heavy (non-hydrogen) atoms. The van der Waals surface area contributed by atoms with Gasteiger partial charge >= 0.3 is 0 Å². The number of hydrogen-bond acceptors (Lipinski definition) is 5. The second-order valence-electron chi connectivity index (χ2n) is 5.05. The lowest BCUT2D eigenvalue weighted by Gasteiger charge is -1.99. The standard InChI is InChI=1S/C18H13FN2O3/c19-13-3-1-12(2-4-13)9-14-5-6-18(24-14)17(23)10-16(22)15-11-20-7-8-21-15/h1-8,10-11,22H,9H2/b16-10-. The molecular weight excluding hydrogens is 311 g/mol. The number of aliphatic hydroxyl groups is 1. The summed E-state index contributed by atoms with van der Waals surface area (Å²) in [5, 5.41) is 9.88. The van der Waals surface area contributed by atoms with Crippen LogP contribution in [0.15, 0.2) is 65.5 Å². The van der Waals surface area contributed by atoms with Crippen LogP contribution in [0.4, 0.5) is 4.39 Å². The minimum atomic E-state index is -0.483. The van der Waals surface area contributed by atoms with Crippen molar-refractivity contribution in [1.82, 2.24) is 9.97 Å². The van der Waals surface area contributed by atoms with Crippen molar-refractivity contribution >= 4 is 11.5 Å². The summed E-state index contributed by atoms with van der Waals surface area (Å²) in [7, 11) is 0. The van der Waals surface area contributed by atoms with E-state index in [0.29, 0.717) is 12.2 Å². The first-order chi connectivity index (χ1) is 11.6. The van der Waals surface area contributed by atoms with Crippen molar-refractivity contribution in [2.45, 2.75) is 6.42 Å². The molecule has 0 aliphatic carbocycles. The topological polar surface area (TPSA) is 76.2 Å². The van der Waals surface area contributed by atoms with Crippen LogP contribution in [0.1, 0.15) is 27.6 Å². The monoisotopic (exact) mass is 324 g/mol. The summed E-state index contributed by atoms with van der Waals surface area (Å²) < 4.78 is 18.4. The number of furan rings is 1. The molecule has 0 fully saturated rings. The second-order valence-corrected chi connectivity index (χ2v) is 5.05. The number of carbonyl (C=O) groups excluding carboxylic acids is 1. The Morgan fingerprint density at radius 1 is 1.17 bits per heavy atom. The van der Waals surface area contributed by atoms with Gasteiger partial charge in [-0.05, 0) is 29.8 Å². The van der Waals surface area contributed by atoms with Gasteiger partial charge in [-0.2, -0.15) is 0 Å². The Morgan fingerprint density at radius 2 is 1.96 bits per heavy atom. The zero-order valence-electron chi connectivity index (χ0n) is 12.5. The average Bonchev–Trinajstić information content (AvgIpc) is 3.06. The van der Waals surface area contributed by atoms with Gasteiger partial charge in [0.25, 0.3) is 0 Å². The molecule has 0 saturated carbocycles. The third-order valence-corrected chi connectivity index (χ3v) is 3.29. The van der Waals surface area contributed by atoms with Gasteiger partial charge in [0.2, 0.25) is 5.78 Å². The Hall–Kier alpha value is -3.28. The molecule has 120 valence electrons. The molecular formula is C18H13FN2O3. The average molecular weight is 324 g/mol. The maximum absolute atomic E-state index is 12.9. The Balaban J connectivity index is 1.73. The first kappa shape index (κ1) is 15.6. The van der Waals surface area contributed by atoms with E-state index in [-0.39, 0.29) is 23.0 Å². The van der Waals surface area contributed by atoms with Crippen molar-refractivity contribution < 1.29 is 18.7 Å². The van der Waals surface area contributed by atoms with Crippen molar-refractivity contribution in [2.75, 3.05) is 0 Å². The zero-order chi connectivity index (χ0) is 16.9. The number of aromatic nitrogens is 2. The number of carbonyl (C=O) groups is 1. The van der Waals surface area contributed by atoms with E-state index < -0.39 is 5.78 Å². The smallest absolute Gasteiger partial charge is 0.224 e. The fourth-order valence-corrected chi connectivity index (χ4v) is 2.11. The van der Waals surface area contributed by atoms with Crippen molar-refractivity contribution in [2.24, 2.45) is 0 Å². The normalized spacial score (nSPS) is 11.5. The molecule has 1 aromatic carbocycles. The number of nitrogens with zero attached hydrogens (tertiary/aromatic N) is 2. The van der Waals surface area contributed by atoms with Crippen LogP contribution in [0.25, 0.3) is 5.76 Å². The molecule has 0 radical (unpaired) electrons. The van der Waals surface area contributed by atoms with Crippen LogP contribution >= 0.6 is 0 Å². The van der Waals surface area contributed by atoms with E-state index in [4.69, 9.17) is 4.42 Å².